The Bertz CT molecular complexity index is 431. The molecule has 1 aromatic carbocycles. The van der Waals surface area contributed by atoms with Crippen LogP contribution in [0.15, 0.2) is 24.3 Å². The highest BCUT2D eigenvalue weighted by Gasteiger charge is 2.30. The smallest absolute Gasteiger partial charge is 0.0498 e. The van der Waals surface area contributed by atoms with Crippen LogP contribution in [0, 0.1) is 5.92 Å². The van der Waals surface area contributed by atoms with Crippen LogP contribution in [0.5, 0.6) is 0 Å². The predicted molar refractivity (Wildman–Crippen MR) is 91.6 cm³/mol. The van der Waals surface area contributed by atoms with Crippen molar-refractivity contribution in [3.05, 3.63) is 34.9 Å². The summed E-state index contributed by atoms with van der Waals surface area (Å²) in [6, 6.07) is 9.30. The molecule has 0 heterocycles. The third-order valence-corrected chi connectivity index (χ3v) is 5.26. The van der Waals surface area contributed by atoms with Gasteiger partial charge in [0.2, 0.25) is 0 Å². The van der Waals surface area contributed by atoms with Crippen molar-refractivity contribution in [2.24, 2.45) is 11.7 Å². The van der Waals surface area contributed by atoms with E-state index in [4.69, 9.17) is 17.3 Å². The van der Waals surface area contributed by atoms with Crippen LogP contribution in [0.25, 0.3) is 0 Å². The molecule has 0 amide bonds. The van der Waals surface area contributed by atoms with Gasteiger partial charge in [-0.1, -0.05) is 50.4 Å². The van der Waals surface area contributed by atoms with Gasteiger partial charge in [0.05, 0.1) is 0 Å². The summed E-state index contributed by atoms with van der Waals surface area (Å²) in [5.41, 5.74) is 7.74. The molecule has 0 aliphatic heterocycles. The lowest BCUT2D eigenvalue weighted by Gasteiger charge is -2.41. The zero-order chi connectivity index (χ0) is 15.4. The SMILES string of the molecule is CCC(N)C(c1ccc(Cl)cc1)N(C)C1CCCC(C)C1. The summed E-state index contributed by atoms with van der Waals surface area (Å²) in [5, 5.41) is 0.788. The third-order valence-electron chi connectivity index (χ3n) is 5.01. The number of hydrogen-bond donors (Lipinski definition) is 1. The van der Waals surface area contributed by atoms with Crippen molar-refractivity contribution in [1.29, 1.82) is 0 Å². The Balaban J connectivity index is 2.20. The lowest BCUT2D eigenvalue weighted by molar-refractivity contribution is 0.102. The second-order valence-electron chi connectivity index (χ2n) is 6.66. The van der Waals surface area contributed by atoms with Gasteiger partial charge in [-0.25, -0.2) is 0 Å². The van der Waals surface area contributed by atoms with E-state index in [0.717, 1.165) is 17.4 Å². The summed E-state index contributed by atoms with van der Waals surface area (Å²) < 4.78 is 0. The Kier molecular flexibility index (Phi) is 6.09. The molecule has 3 heteroatoms. The summed E-state index contributed by atoms with van der Waals surface area (Å²) >= 11 is 6.03. The molecule has 1 saturated carbocycles. The number of nitrogens with two attached hydrogens (primary N) is 1. The first-order valence-electron chi connectivity index (χ1n) is 8.26. The second-order valence-corrected chi connectivity index (χ2v) is 7.10. The van der Waals surface area contributed by atoms with Crippen molar-refractivity contribution in [2.75, 3.05) is 7.05 Å². The maximum absolute atomic E-state index is 6.45. The van der Waals surface area contributed by atoms with E-state index in [-0.39, 0.29) is 12.1 Å². The molecule has 1 aromatic rings. The minimum atomic E-state index is 0.161. The van der Waals surface area contributed by atoms with E-state index in [1.54, 1.807) is 0 Å². The molecule has 2 nitrogen and oxygen atoms in total. The molecule has 1 aliphatic carbocycles. The molecule has 0 saturated heterocycles. The molecule has 0 aromatic heterocycles. The van der Waals surface area contributed by atoms with Crippen LogP contribution in [0.1, 0.15) is 57.6 Å². The van der Waals surface area contributed by atoms with E-state index in [9.17, 15) is 0 Å². The first-order valence-corrected chi connectivity index (χ1v) is 8.63. The topological polar surface area (TPSA) is 29.3 Å². The first kappa shape index (κ1) is 16.8. The van der Waals surface area contributed by atoms with Crippen LogP contribution >= 0.6 is 11.6 Å². The minimum Gasteiger partial charge on any atom is -0.326 e. The van der Waals surface area contributed by atoms with Crippen LogP contribution in [0.2, 0.25) is 5.02 Å². The van der Waals surface area contributed by atoms with E-state index in [1.807, 2.05) is 12.1 Å². The molecule has 118 valence electrons. The highest BCUT2D eigenvalue weighted by molar-refractivity contribution is 6.30. The fourth-order valence-corrected chi connectivity index (χ4v) is 3.79. The quantitative estimate of drug-likeness (QED) is 0.859. The zero-order valence-corrected chi connectivity index (χ0v) is 14.3. The summed E-state index contributed by atoms with van der Waals surface area (Å²) in [5.74, 6) is 0.829. The van der Waals surface area contributed by atoms with Crippen LogP contribution in [-0.2, 0) is 0 Å². The number of benzene rings is 1. The molecule has 4 atom stereocenters. The molecule has 0 bridgehead atoms. The van der Waals surface area contributed by atoms with Crippen LogP contribution < -0.4 is 5.73 Å². The van der Waals surface area contributed by atoms with Crippen molar-refractivity contribution in [3.8, 4) is 0 Å². The molecular weight excluding hydrogens is 280 g/mol. The molecule has 4 unspecified atom stereocenters. The highest BCUT2D eigenvalue weighted by Crippen LogP contribution is 2.33. The molecule has 2 N–H and O–H groups in total. The Morgan fingerprint density at radius 1 is 1.29 bits per heavy atom. The van der Waals surface area contributed by atoms with Gasteiger partial charge in [0.25, 0.3) is 0 Å². The summed E-state index contributed by atoms with van der Waals surface area (Å²) in [4.78, 5) is 2.52. The van der Waals surface area contributed by atoms with Gasteiger partial charge in [0.15, 0.2) is 0 Å². The monoisotopic (exact) mass is 308 g/mol. The fraction of sp³-hybridized carbons (Fsp3) is 0.667. The summed E-state index contributed by atoms with van der Waals surface area (Å²) in [7, 11) is 2.25. The molecular formula is C18H29ClN2. The largest absolute Gasteiger partial charge is 0.326 e. The highest BCUT2D eigenvalue weighted by atomic mass is 35.5. The van der Waals surface area contributed by atoms with Crippen molar-refractivity contribution in [3.63, 3.8) is 0 Å². The molecule has 0 spiro atoms. The van der Waals surface area contributed by atoms with E-state index in [2.05, 4.69) is 37.9 Å². The van der Waals surface area contributed by atoms with Gasteiger partial charge < -0.3 is 5.73 Å². The van der Waals surface area contributed by atoms with Crippen LogP contribution in [-0.4, -0.2) is 24.0 Å². The number of hydrogen-bond acceptors (Lipinski definition) is 2. The maximum atomic E-state index is 6.45. The number of nitrogens with zero attached hydrogens (tertiary/aromatic N) is 1. The Labute approximate surface area is 134 Å². The predicted octanol–water partition coefficient (Wildman–Crippen LogP) is 4.63. The number of rotatable bonds is 5. The average Bonchev–Trinajstić information content (AvgIpc) is 2.49. The van der Waals surface area contributed by atoms with Gasteiger partial charge in [-0.2, -0.15) is 0 Å². The van der Waals surface area contributed by atoms with Crippen molar-refractivity contribution >= 4 is 11.6 Å². The molecule has 1 fully saturated rings. The van der Waals surface area contributed by atoms with Gasteiger partial charge in [0.1, 0.15) is 0 Å². The standard InChI is InChI=1S/C18H29ClN2/c1-4-17(20)18(14-8-10-15(19)11-9-14)21(3)16-7-5-6-13(2)12-16/h8-11,13,16-18H,4-7,12,20H2,1-3H3. The van der Waals surface area contributed by atoms with Crippen LogP contribution in [0.3, 0.4) is 0 Å². The summed E-state index contributed by atoms with van der Waals surface area (Å²) in [6.45, 7) is 4.54. The zero-order valence-electron chi connectivity index (χ0n) is 13.6. The van der Waals surface area contributed by atoms with Gasteiger partial charge in [-0.3, -0.25) is 4.90 Å². The lowest BCUT2D eigenvalue weighted by Crippen LogP contribution is -2.45. The molecule has 21 heavy (non-hydrogen) atoms. The number of likely N-dealkylation sites (N-methyl/N-ethyl adjacent to an activating group) is 1. The Hall–Kier alpha value is -0.570. The normalized spacial score (nSPS) is 25.8. The van der Waals surface area contributed by atoms with E-state index in [1.165, 1.54) is 31.2 Å². The van der Waals surface area contributed by atoms with Crippen molar-refractivity contribution in [1.82, 2.24) is 4.90 Å². The third kappa shape index (κ3) is 4.21. The first-order chi connectivity index (χ1) is 10.0. The Morgan fingerprint density at radius 2 is 1.95 bits per heavy atom. The van der Waals surface area contributed by atoms with E-state index >= 15 is 0 Å². The van der Waals surface area contributed by atoms with E-state index in [0.29, 0.717) is 6.04 Å². The van der Waals surface area contributed by atoms with Gasteiger partial charge >= 0.3 is 0 Å². The molecule has 2 rings (SSSR count). The van der Waals surface area contributed by atoms with Crippen LogP contribution in [0.4, 0.5) is 0 Å². The molecule has 1 aliphatic rings. The number of halogens is 1. The van der Waals surface area contributed by atoms with E-state index < -0.39 is 0 Å². The Morgan fingerprint density at radius 3 is 2.52 bits per heavy atom. The summed E-state index contributed by atoms with van der Waals surface area (Å²) in [6.07, 6.45) is 6.28. The van der Waals surface area contributed by atoms with Gasteiger partial charge in [-0.05, 0) is 49.9 Å². The van der Waals surface area contributed by atoms with Gasteiger partial charge in [-0.15, -0.1) is 0 Å². The minimum absolute atomic E-state index is 0.161. The fourth-order valence-electron chi connectivity index (χ4n) is 3.67. The molecule has 0 radical (unpaired) electrons. The average molecular weight is 309 g/mol. The van der Waals surface area contributed by atoms with Crippen molar-refractivity contribution < 1.29 is 0 Å². The second kappa shape index (κ2) is 7.62. The van der Waals surface area contributed by atoms with Gasteiger partial charge in [0, 0.05) is 23.1 Å². The van der Waals surface area contributed by atoms with Crippen molar-refractivity contribution in [2.45, 2.75) is 64.1 Å². The lowest BCUT2D eigenvalue weighted by atomic mass is 9.84. The maximum Gasteiger partial charge on any atom is 0.0498 e.